The van der Waals surface area contributed by atoms with Gasteiger partial charge in [-0.25, -0.2) is 0 Å². The van der Waals surface area contributed by atoms with Crippen molar-refractivity contribution in [1.82, 2.24) is 0 Å². The van der Waals surface area contributed by atoms with Crippen LogP contribution >= 0.6 is 31.9 Å². The molecule has 0 radical (unpaired) electrons. The van der Waals surface area contributed by atoms with Crippen LogP contribution < -0.4 is 0 Å². The fraction of sp³-hybridized carbons (Fsp3) is 0.250. The van der Waals surface area contributed by atoms with E-state index in [1.165, 1.54) is 0 Å². The molecule has 1 rings (SSSR count). The third-order valence-corrected chi connectivity index (χ3v) is 2.49. The highest BCUT2D eigenvalue weighted by Gasteiger charge is 2.04. The Bertz CT molecular complexity index is 237. The number of aliphatic hydroxyl groups excluding tert-OH is 1. The SMILES string of the molecule is O[C@@H](CBr)c1cccc(Br)c1. The number of halogens is 2. The highest BCUT2D eigenvalue weighted by atomic mass is 79.9. The molecule has 0 saturated carbocycles. The summed E-state index contributed by atoms with van der Waals surface area (Å²) < 4.78 is 0.995. The van der Waals surface area contributed by atoms with Crippen molar-refractivity contribution in [3.63, 3.8) is 0 Å². The summed E-state index contributed by atoms with van der Waals surface area (Å²) in [5.41, 5.74) is 0.927. The number of alkyl halides is 1. The Morgan fingerprint density at radius 2 is 2.18 bits per heavy atom. The van der Waals surface area contributed by atoms with Crippen LogP contribution in [0.5, 0.6) is 0 Å². The third kappa shape index (κ3) is 2.58. The minimum atomic E-state index is -0.410. The lowest BCUT2D eigenvalue weighted by molar-refractivity contribution is 0.205. The molecule has 0 aliphatic heterocycles. The fourth-order valence-electron chi connectivity index (χ4n) is 0.803. The number of benzene rings is 1. The molecule has 0 aromatic heterocycles. The molecule has 1 aromatic rings. The van der Waals surface area contributed by atoms with Crippen molar-refractivity contribution in [2.24, 2.45) is 0 Å². The summed E-state index contributed by atoms with van der Waals surface area (Å²) in [7, 11) is 0. The number of aliphatic hydroxyl groups is 1. The first-order valence-corrected chi connectivity index (χ1v) is 5.15. The summed E-state index contributed by atoms with van der Waals surface area (Å²) in [5.74, 6) is 0. The summed E-state index contributed by atoms with van der Waals surface area (Å²) in [6.45, 7) is 0. The van der Waals surface area contributed by atoms with Crippen LogP contribution in [0.2, 0.25) is 0 Å². The van der Waals surface area contributed by atoms with E-state index in [1.807, 2.05) is 24.3 Å². The van der Waals surface area contributed by atoms with Gasteiger partial charge in [0, 0.05) is 9.80 Å². The van der Waals surface area contributed by atoms with Gasteiger partial charge < -0.3 is 5.11 Å². The second-order valence-electron chi connectivity index (χ2n) is 2.23. The minimum absolute atomic E-state index is 0.410. The standard InChI is InChI=1S/C8H8Br2O/c9-5-8(11)6-2-1-3-7(10)4-6/h1-4,8,11H,5H2/t8-/m0/s1. The molecule has 0 aliphatic rings. The highest BCUT2D eigenvalue weighted by Crippen LogP contribution is 2.19. The van der Waals surface area contributed by atoms with Crippen molar-refractivity contribution in [3.8, 4) is 0 Å². The molecular weight excluding hydrogens is 272 g/mol. The third-order valence-electron chi connectivity index (χ3n) is 1.38. The maximum atomic E-state index is 9.39. The van der Waals surface area contributed by atoms with Crippen molar-refractivity contribution in [2.75, 3.05) is 5.33 Å². The summed E-state index contributed by atoms with van der Waals surface area (Å²) in [4.78, 5) is 0. The van der Waals surface area contributed by atoms with E-state index in [2.05, 4.69) is 31.9 Å². The lowest BCUT2D eigenvalue weighted by atomic mass is 10.1. The molecule has 0 bridgehead atoms. The lowest BCUT2D eigenvalue weighted by Crippen LogP contribution is -1.97. The topological polar surface area (TPSA) is 20.2 Å². The van der Waals surface area contributed by atoms with E-state index in [4.69, 9.17) is 0 Å². The molecule has 0 amide bonds. The van der Waals surface area contributed by atoms with Gasteiger partial charge in [-0.15, -0.1) is 0 Å². The predicted molar refractivity (Wildman–Crippen MR) is 52.9 cm³/mol. The number of rotatable bonds is 2. The van der Waals surface area contributed by atoms with Crippen LogP contribution in [0, 0.1) is 0 Å². The Morgan fingerprint density at radius 1 is 1.45 bits per heavy atom. The molecule has 0 fully saturated rings. The maximum absolute atomic E-state index is 9.39. The zero-order chi connectivity index (χ0) is 8.27. The molecule has 0 aliphatic carbocycles. The van der Waals surface area contributed by atoms with E-state index < -0.39 is 6.10 Å². The van der Waals surface area contributed by atoms with E-state index in [9.17, 15) is 5.11 Å². The molecule has 0 saturated heterocycles. The van der Waals surface area contributed by atoms with Crippen molar-refractivity contribution < 1.29 is 5.11 Å². The molecule has 0 heterocycles. The normalized spacial score (nSPS) is 13.0. The van der Waals surface area contributed by atoms with E-state index >= 15 is 0 Å². The molecular formula is C8H8Br2O. The second-order valence-corrected chi connectivity index (χ2v) is 3.79. The zero-order valence-corrected chi connectivity index (χ0v) is 8.97. The summed E-state index contributed by atoms with van der Waals surface area (Å²) in [5, 5.41) is 9.96. The van der Waals surface area contributed by atoms with Gasteiger partial charge in [0.15, 0.2) is 0 Å². The maximum Gasteiger partial charge on any atom is 0.0887 e. The Morgan fingerprint density at radius 3 is 2.73 bits per heavy atom. The molecule has 1 aromatic carbocycles. The van der Waals surface area contributed by atoms with Crippen LogP contribution in [0.4, 0.5) is 0 Å². The molecule has 0 spiro atoms. The summed E-state index contributed by atoms with van der Waals surface area (Å²) in [6, 6.07) is 7.65. The fourth-order valence-corrected chi connectivity index (χ4v) is 1.59. The van der Waals surface area contributed by atoms with Gasteiger partial charge in [-0.1, -0.05) is 44.0 Å². The summed E-state index contributed by atoms with van der Waals surface area (Å²) in [6.07, 6.45) is -0.410. The largest absolute Gasteiger partial charge is 0.388 e. The zero-order valence-electron chi connectivity index (χ0n) is 5.80. The van der Waals surface area contributed by atoms with Gasteiger partial charge in [0.2, 0.25) is 0 Å². The smallest absolute Gasteiger partial charge is 0.0887 e. The highest BCUT2D eigenvalue weighted by molar-refractivity contribution is 9.10. The van der Waals surface area contributed by atoms with E-state index in [0.29, 0.717) is 5.33 Å². The monoisotopic (exact) mass is 278 g/mol. The predicted octanol–water partition coefficient (Wildman–Crippen LogP) is 2.88. The quantitative estimate of drug-likeness (QED) is 0.826. The molecule has 1 N–H and O–H groups in total. The van der Waals surface area contributed by atoms with E-state index in [1.54, 1.807) is 0 Å². The Hall–Kier alpha value is 0.140. The van der Waals surface area contributed by atoms with Crippen LogP contribution in [0.3, 0.4) is 0 Å². The second kappa shape index (κ2) is 4.24. The first-order chi connectivity index (χ1) is 5.24. The first kappa shape index (κ1) is 9.23. The average molecular weight is 280 g/mol. The average Bonchev–Trinajstić information content (AvgIpc) is 2.03. The van der Waals surface area contributed by atoms with E-state index in [0.717, 1.165) is 10.0 Å². The number of hydrogen-bond donors (Lipinski definition) is 1. The first-order valence-electron chi connectivity index (χ1n) is 3.23. The molecule has 11 heavy (non-hydrogen) atoms. The van der Waals surface area contributed by atoms with Gasteiger partial charge in [0.05, 0.1) is 6.10 Å². The van der Waals surface area contributed by atoms with Gasteiger partial charge in [0.25, 0.3) is 0 Å². The minimum Gasteiger partial charge on any atom is -0.388 e. The molecule has 60 valence electrons. The van der Waals surface area contributed by atoms with Gasteiger partial charge in [-0.2, -0.15) is 0 Å². The van der Waals surface area contributed by atoms with Crippen LogP contribution in [0.25, 0.3) is 0 Å². The van der Waals surface area contributed by atoms with Gasteiger partial charge in [-0.05, 0) is 17.7 Å². The van der Waals surface area contributed by atoms with Crippen molar-refractivity contribution in [3.05, 3.63) is 34.3 Å². The Kier molecular flexibility index (Phi) is 3.55. The Labute approximate surface area is 82.7 Å². The molecule has 3 heteroatoms. The lowest BCUT2D eigenvalue weighted by Gasteiger charge is -2.06. The van der Waals surface area contributed by atoms with Gasteiger partial charge >= 0.3 is 0 Å². The van der Waals surface area contributed by atoms with Crippen molar-refractivity contribution >= 4 is 31.9 Å². The Balaban J connectivity index is 2.86. The number of hydrogen-bond acceptors (Lipinski definition) is 1. The molecule has 1 nitrogen and oxygen atoms in total. The van der Waals surface area contributed by atoms with Gasteiger partial charge in [-0.3, -0.25) is 0 Å². The van der Waals surface area contributed by atoms with Gasteiger partial charge in [0.1, 0.15) is 0 Å². The van der Waals surface area contributed by atoms with Crippen LogP contribution in [-0.4, -0.2) is 10.4 Å². The van der Waals surface area contributed by atoms with Crippen LogP contribution in [-0.2, 0) is 0 Å². The van der Waals surface area contributed by atoms with Crippen molar-refractivity contribution in [1.29, 1.82) is 0 Å². The van der Waals surface area contributed by atoms with Crippen LogP contribution in [0.15, 0.2) is 28.7 Å². The van der Waals surface area contributed by atoms with Crippen LogP contribution in [0.1, 0.15) is 11.7 Å². The molecule has 0 unspecified atom stereocenters. The summed E-state index contributed by atoms with van der Waals surface area (Å²) >= 11 is 6.54. The van der Waals surface area contributed by atoms with E-state index in [-0.39, 0.29) is 0 Å². The molecule has 1 atom stereocenters. The van der Waals surface area contributed by atoms with Crippen molar-refractivity contribution in [2.45, 2.75) is 6.10 Å².